The molecule has 0 aliphatic rings. The molecule has 3 heteroatoms. The zero-order valence-corrected chi connectivity index (χ0v) is 24.3. The minimum absolute atomic E-state index is 0.889. The van der Waals surface area contributed by atoms with Gasteiger partial charge in [0.1, 0.15) is 11.2 Å². The zero-order valence-electron chi connectivity index (χ0n) is 24.3. The van der Waals surface area contributed by atoms with Gasteiger partial charge in [0, 0.05) is 32.6 Å². The van der Waals surface area contributed by atoms with Crippen molar-refractivity contribution in [3.8, 4) is 22.5 Å². The second-order valence-electron chi connectivity index (χ2n) is 11.8. The Morgan fingerprint density at radius 2 is 0.978 bits per heavy atom. The molecule has 7 aromatic carbocycles. The number of para-hydroxylation sites is 3. The summed E-state index contributed by atoms with van der Waals surface area (Å²) in [5.41, 5.74) is 11.2. The molecule has 0 aliphatic heterocycles. The lowest BCUT2D eigenvalue weighted by atomic mass is 10.0. The van der Waals surface area contributed by atoms with Gasteiger partial charge < -0.3 is 13.6 Å². The minimum Gasteiger partial charge on any atom is -0.456 e. The quantitative estimate of drug-likeness (QED) is 0.206. The molecule has 0 atom stereocenters. The fraction of sp³-hybridized carbons (Fsp3) is 0. The van der Waals surface area contributed by atoms with Crippen LogP contribution >= 0.6 is 0 Å². The summed E-state index contributed by atoms with van der Waals surface area (Å²) in [5.74, 6) is 0. The molecule has 210 valence electrons. The van der Waals surface area contributed by atoms with Crippen LogP contribution in [0.15, 0.2) is 162 Å². The van der Waals surface area contributed by atoms with E-state index < -0.39 is 0 Å². The Bertz CT molecular complexity index is 2710. The lowest BCUT2D eigenvalue weighted by Gasteiger charge is -2.11. The average Bonchev–Trinajstić information content (AvgIpc) is 3.76. The number of furan rings is 1. The number of fused-ring (bicyclic) bond motifs is 9. The fourth-order valence-electron chi connectivity index (χ4n) is 7.36. The highest BCUT2D eigenvalue weighted by Crippen LogP contribution is 2.41. The van der Waals surface area contributed by atoms with Crippen LogP contribution in [0.3, 0.4) is 0 Å². The molecular weight excluding hydrogens is 548 g/mol. The summed E-state index contributed by atoms with van der Waals surface area (Å²) in [6, 6.07) is 56.5. The van der Waals surface area contributed by atoms with Crippen molar-refractivity contribution in [2.75, 3.05) is 0 Å². The molecule has 3 aromatic heterocycles. The van der Waals surface area contributed by atoms with Crippen LogP contribution in [-0.4, -0.2) is 9.13 Å². The first-order valence-electron chi connectivity index (χ1n) is 15.4. The first kappa shape index (κ1) is 24.4. The lowest BCUT2D eigenvalue weighted by Crippen LogP contribution is -1.96. The summed E-state index contributed by atoms with van der Waals surface area (Å²) in [6.07, 6.45) is 0. The van der Waals surface area contributed by atoms with Crippen LogP contribution in [0.1, 0.15) is 0 Å². The number of hydrogen-bond donors (Lipinski definition) is 0. The van der Waals surface area contributed by atoms with Gasteiger partial charge >= 0.3 is 0 Å². The average molecular weight is 575 g/mol. The van der Waals surface area contributed by atoms with E-state index in [0.29, 0.717) is 0 Å². The van der Waals surface area contributed by atoms with Crippen molar-refractivity contribution in [1.82, 2.24) is 9.13 Å². The van der Waals surface area contributed by atoms with E-state index in [2.05, 4.69) is 161 Å². The molecule has 0 fully saturated rings. The van der Waals surface area contributed by atoms with Gasteiger partial charge in [-0.15, -0.1) is 0 Å². The third kappa shape index (κ3) is 3.46. The molecule has 3 heterocycles. The minimum atomic E-state index is 0.889. The fourth-order valence-corrected chi connectivity index (χ4v) is 7.36. The summed E-state index contributed by atoms with van der Waals surface area (Å²) in [7, 11) is 0. The van der Waals surface area contributed by atoms with Crippen molar-refractivity contribution in [2.24, 2.45) is 0 Å². The van der Waals surface area contributed by atoms with Gasteiger partial charge in [-0.05, 0) is 71.8 Å². The number of nitrogens with zero attached hydrogens (tertiary/aromatic N) is 2. The Kier molecular flexibility index (Phi) is 5.00. The van der Waals surface area contributed by atoms with Crippen LogP contribution in [-0.2, 0) is 0 Å². The van der Waals surface area contributed by atoms with Gasteiger partial charge in [0.15, 0.2) is 0 Å². The van der Waals surface area contributed by atoms with E-state index in [9.17, 15) is 0 Å². The van der Waals surface area contributed by atoms with Gasteiger partial charge in [-0.1, -0.05) is 97.1 Å². The van der Waals surface area contributed by atoms with Crippen molar-refractivity contribution in [3.05, 3.63) is 158 Å². The normalized spacial score (nSPS) is 12.0. The zero-order chi connectivity index (χ0) is 29.5. The number of aromatic nitrogens is 2. The number of hydrogen-bond acceptors (Lipinski definition) is 1. The summed E-state index contributed by atoms with van der Waals surface area (Å²) < 4.78 is 11.3. The van der Waals surface area contributed by atoms with E-state index in [1.54, 1.807) is 0 Å². The Hall–Kier alpha value is -6.06. The largest absolute Gasteiger partial charge is 0.456 e. The third-order valence-electron chi connectivity index (χ3n) is 9.32. The van der Waals surface area contributed by atoms with Gasteiger partial charge in [-0.2, -0.15) is 0 Å². The van der Waals surface area contributed by atoms with Crippen LogP contribution in [0.25, 0.3) is 88.1 Å². The third-order valence-corrected chi connectivity index (χ3v) is 9.32. The molecule has 0 spiro atoms. The molecular formula is C42H26N2O. The van der Waals surface area contributed by atoms with Crippen molar-refractivity contribution in [3.63, 3.8) is 0 Å². The molecule has 10 aromatic rings. The monoisotopic (exact) mass is 574 g/mol. The van der Waals surface area contributed by atoms with Crippen LogP contribution < -0.4 is 0 Å². The summed E-state index contributed by atoms with van der Waals surface area (Å²) in [4.78, 5) is 0. The lowest BCUT2D eigenvalue weighted by molar-refractivity contribution is 0.669. The maximum absolute atomic E-state index is 6.51. The SMILES string of the molecule is c1ccc(-c2ccc3c(c2)oc2cccc(-n4c5ccccc5c5cc(-n6c7ccccc7c7ccccc76)ccc54)c23)cc1. The first-order chi connectivity index (χ1) is 22.3. The second kappa shape index (κ2) is 9.22. The van der Waals surface area contributed by atoms with Crippen LogP contribution in [0.4, 0.5) is 0 Å². The molecule has 0 unspecified atom stereocenters. The van der Waals surface area contributed by atoms with Gasteiger partial charge in [-0.3, -0.25) is 0 Å². The maximum atomic E-state index is 6.51. The van der Waals surface area contributed by atoms with Crippen molar-refractivity contribution in [2.45, 2.75) is 0 Å². The van der Waals surface area contributed by atoms with Crippen LogP contribution in [0.5, 0.6) is 0 Å². The van der Waals surface area contributed by atoms with Crippen molar-refractivity contribution >= 4 is 65.6 Å². The Balaban J connectivity index is 1.24. The van der Waals surface area contributed by atoms with Crippen molar-refractivity contribution in [1.29, 1.82) is 0 Å². The molecule has 0 bridgehead atoms. The first-order valence-corrected chi connectivity index (χ1v) is 15.4. The summed E-state index contributed by atoms with van der Waals surface area (Å²) >= 11 is 0. The summed E-state index contributed by atoms with van der Waals surface area (Å²) in [5, 5.41) is 7.23. The molecule has 0 saturated carbocycles. The predicted molar refractivity (Wildman–Crippen MR) is 188 cm³/mol. The Labute approximate surface area is 258 Å². The van der Waals surface area contributed by atoms with E-state index >= 15 is 0 Å². The highest BCUT2D eigenvalue weighted by Gasteiger charge is 2.19. The molecule has 0 aliphatic carbocycles. The Morgan fingerprint density at radius 1 is 0.356 bits per heavy atom. The molecule has 45 heavy (non-hydrogen) atoms. The highest BCUT2D eigenvalue weighted by molar-refractivity contribution is 6.15. The molecule has 0 saturated heterocycles. The smallest absolute Gasteiger partial charge is 0.137 e. The predicted octanol–water partition coefficient (Wildman–Crippen LogP) is 11.4. The molecule has 3 nitrogen and oxygen atoms in total. The molecule has 0 amide bonds. The van der Waals surface area contributed by atoms with E-state index in [1.165, 1.54) is 49.2 Å². The number of rotatable bonds is 3. The molecule has 10 rings (SSSR count). The van der Waals surface area contributed by atoms with Gasteiger partial charge in [0.25, 0.3) is 0 Å². The Morgan fingerprint density at radius 3 is 1.71 bits per heavy atom. The van der Waals surface area contributed by atoms with E-state index in [0.717, 1.165) is 38.9 Å². The van der Waals surface area contributed by atoms with Crippen molar-refractivity contribution < 1.29 is 4.42 Å². The van der Waals surface area contributed by atoms with Gasteiger partial charge in [-0.25, -0.2) is 0 Å². The standard InChI is InChI=1S/C42H26N2O/c1-2-11-27(12-3-1)28-21-23-33-41(25-28)45-40-20-10-19-39(42(33)40)44-37-18-9-6-15-32(37)34-26-29(22-24-38(34)44)43-35-16-7-4-13-30(35)31-14-5-8-17-36(31)43/h1-26H. The molecule has 0 N–H and O–H groups in total. The maximum Gasteiger partial charge on any atom is 0.137 e. The van der Waals surface area contributed by atoms with E-state index in [4.69, 9.17) is 4.42 Å². The topological polar surface area (TPSA) is 23.0 Å². The highest BCUT2D eigenvalue weighted by atomic mass is 16.3. The molecule has 0 radical (unpaired) electrons. The van der Waals surface area contributed by atoms with Crippen LogP contribution in [0, 0.1) is 0 Å². The van der Waals surface area contributed by atoms with E-state index in [-0.39, 0.29) is 0 Å². The van der Waals surface area contributed by atoms with Crippen LogP contribution in [0.2, 0.25) is 0 Å². The second-order valence-corrected chi connectivity index (χ2v) is 11.8. The van der Waals surface area contributed by atoms with E-state index in [1.807, 2.05) is 6.07 Å². The van der Waals surface area contributed by atoms with Gasteiger partial charge in [0.05, 0.1) is 33.1 Å². The number of benzene rings is 7. The van der Waals surface area contributed by atoms with Gasteiger partial charge in [0.2, 0.25) is 0 Å². The summed E-state index contributed by atoms with van der Waals surface area (Å²) in [6.45, 7) is 0.